The average molecular weight is 756 g/mol. The van der Waals surface area contributed by atoms with E-state index in [-0.39, 0.29) is 11.8 Å². The van der Waals surface area contributed by atoms with E-state index in [1.807, 2.05) is 9.80 Å². The number of allylic oxidation sites excluding steroid dienone is 2. The van der Waals surface area contributed by atoms with Crippen LogP contribution in [0.1, 0.15) is 49.7 Å². The maximum atomic E-state index is 13.0. The molecule has 2 aromatic rings. The number of benzene rings is 2. The smallest absolute Gasteiger partial charge is 0.247 e. The second-order valence-electron chi connectivity index (χ2n) is 14.2. The first kappa shape index (κ1) is 42.5. The molecule has 0 aromatic heterocycles. The number of ether oxygens (including phenoxy) is 6. The standard InChI is InChI=1S/C44H57N3O8/c1-45(2)31-36(25-32-17-21-46(22-18-32)41(48)15-11-9-13-34-27-37(50-3)43(54-7)38(28-34)51-4)26-33-19-23-47(24-20-33)42(49)16-12-10-14-35-29-39(52-5)44(55-8)40(30-35)53-6/h11-12,15-16,27-30,32-33,36H,17-26,31H2,1-8H3. The van der Waals surface area contributed by atoms with Crippen LogP contribution in [0.15, 0.2) is 48.6 Å². The van der Waals surface area contributed by atoms with Crippen molar-refractivity contribution in [3.05, 3.63) is 59.7 Å². The minimum absolute atomic E-state index is 0.00995. The minimum Gasteiger partial charge on any atom is -0.493 e. The van der Waals surface area contributed by atoms with Gasteiger partial charge in [0.2, 0.25) is 23.3 Å². The summed E-state index contributed by atoms with van der Waals surface area (Å²) in [5.74, 6) is 16.9. The third kappa shape index (κ3) is 12.4. The SMILES string of the molecule is COc1cc(C#CC=CC(=O)N2CCC(CC(CC3CCN(C(=O)C=CC#Cc4cc(OC)c(OC)c(OC)c4)CC3)CN(C)C)CC2)cc(OC)c1OC. The molecule has 11 nitrogen and oxygen atoms in total. The van der Waals surface area contributed by atoms with Gasteiger partial charge in [-0.05, 0) is 107 Å². The van der Waals surface area contributed by atoms with E-state index in [0.717, 1.165) is 71.2 Å². The van der Waals surface area contributed by atoms with Crippen LogP contribution in [0, 0.1) is 41.4 Å². The Bertz CT molecular complexity index is 1610. The summed E-state index contributed by atoms with van der Waals surface area (Å²) in [6, 6.07) is 7.12. The first-order chi connectivity index (χ1) is 26.6. The van der Waals surface area contributed by atoms with Crippen LogP contribution in [0.5, 0.6) is 34.5 Å². The molecule has 0 saturated carbocycles. The molecule has 2 fully saturated rings. The third-order valence-electron chi connectivity index (χ3n) is 10.2. The van der Waals surface area contributed by atoms with Crippen molar-refractivity contribution in [1.29, 1.82) is 0 Å². The van der Waals surface area contributed by atoms with Crippen LogP contribution in [0.25, 0.3) is 0 Å². The van der Waals surface area contributed by atoms with Crippen LogP contribution in [-0.2, 0) is 9.59 Å². The molecule has 0 spiro atoms. The molecule has 2 aromatic carbocycles. The second kappa shape index (κ2) is 21.6. The number of rotatable bonds is 14. The molecule has 2 aliphatic heterocycles. The fourth-order valence-electron chi connectivity index (χ4n) is 7.48. The molecule has 4 rings (SSSR count). The van der Waals surface area contributed by atoms with E-state index in [0.29, 0.717) is 63.4 Å². The molecular formula is C44H57N3O8. The summed E-state index contributed by atoms with van der Waals surface area (Å²) >= 11 is 0. The summed E-state index contributed by atoms with van der Waals surface area (Å²) in [5.41, 5.74) is 1.39. The van der Waals surface area contributed by atoms with Crippen LogP contribution in [0.2, 0.25) is 0 Å². The van der Waals surface area contributed by atoms with Crippen molar-refractivity contribution in [3.8, 4) is 58.2 Å². The second-order valence-corrected chi connectivity index (χ2v) is 14.2. The number of hydrogen-bond acceptors (Lipinski definition) is 9. The Hall–Kier alpha value is -5.26. The number of piperidine rings is 2. The molecule has 2 saturated heterocycles. The van der Waals surface area contributed by atoms with Gasteiger partial charge in [-0.15, -0.1) is 0 Å². The van der Waals surface area contributed by atoms with Gasteiger partial charge in [0.05, 0.1) is 42.7 Å². The topological polar surface area (TPSA) is 99.2 Å². The van der Waals surface area contributed by atoms with Gasteiger partial charge in [-0.1, -0.05) is 23.7 Å². The molecule has 2 aliphatic rings. The number of hydrogen-bond donors (Lipinski definition) is 0. The fourth-order valence-corrected chi connectivity index (χ4v) is 7.48. The Balaban J connectivity index is 1.22. The van der Waals surface area contributed by atoms with Crippen molar-refractivity contribution >= 4 is 11.8 Å². The van der Waals surface area contributed by atoms with Crippen LogP contribution < -0.4 is 28.4 Å². The highest BCUT2D eigenvalue weighted by Crippen LogP contribution is 2.39. The van der Waals surface area contributed by atoms with E-state index in [1.54, 1.807) is 91.2 Å². The first-order valence-electron chi connectivity index (χ1n) is 18.8. The molecule has 0 bridgehead atoms. The minimum atomic E-state index is -0.00995. The number of likely N-dealkylation sites (tertiary alicyclic amines) is 2. The quantitative estimate of drug-likeness (QED) is 0.178. The lowest BCUT2D eigenvalue weighted by Gasteiger charge is -2.36. The molecule has 0 unspecified atom stereocenters. The van der Waals surface area contributed by atoms with Crippen molar-refractivity contribution in [1.82, 2.24) is 14.7 Å². The molecule has 2 heterocycles. The molecule has 0 radical (unpaired) electrons. The fraction of sp³-hybridized carbons (Fsp3) is 0.500. The maximum Gasteiger partial charge on any atom is 0.247 e. The predicted molar refractivity (Wildman–Crippen MR) is 214 cm³/mol. The van der Waals surface area contributed by atoms with Gasteiger partial charge in [0.15, 0.2) is 23.0 Å². The highest BCUT2D eigenvalue weighted by atomic mass is 16.5. The van der Waals surface area contributed by atoms with Crippen molar-refractivity contribution in [2.75, 3.05) is 89.5 Å². The molecule has 2 amide bonds. The highest BCUT2D eigenvalue weighted by molar-refractivity contribution is 5.88. The van der Waals surface area contributed by atoms with Gasteiger partial charge >= 0.3 is 0 Å². The number of methoxy groups -OCH3 is 6. The van der Waals surface area contributed by atoms with E-state index >= 15 is 0 Å². The number of amides is 2. The lowest BCUT2D eigenvalue weighted by molar-refractivity contribution is -0.128. The predicted octanol–water partition coefficient (Wildman–Crippen LogP) is 5.69. The van der Waals surface area contributed by atoms with E-state index in [2.05, 4.69) is 42.7 Å². The Morgan fingerprint density at radius 2 is 0.982 bits per heavy atom. The van der Waals surface area contributed by atoms with Crippen LogP contribution >= 0.6 is 0 Å². The van der Waals surface area contributed by atoms with Crippen molar-refractivity contribution in [3.63, 3.8) is 0 Å². The molecule has 0 atom stereocenters. The van der Waals surface area contributed by atoms with Crippen LogP contribution in [0.4, 0.5) is 0 Å². The molecular weight excluding hydrogens is 698 g/mol. The zero-order valence-electron chi connectivity index (χ0n) is 33.7. The van der Waals surface area contributed by atoms with Gasteiger partial charge in [0, 0.05) is 56.0 Å². The lowest BCUT2D eigenvalue weighted by atomic mass is 9.80. The zero-order chi connectivity index (χ0) is 39.7. The first-order valence-corrected chi connectivity index (χ1v) is 18.8. The third-order valence-corrected chi connectivity index (χ3v) is 10.2. The summed E-state index contributed by atoms with van der Waals surface area (Å²) in [6.45, 7) is 4.06. The van der Waals surface area contributed by atoms with Crippen molar-refractivity contribution in [2.24, 2.45) is 17.8 Å². The zero-order valence-corrected chi connectivity index (χ0v) is 33.7. The van der Waals surface area contributed by atoms with Gasteiger partial charge in [-0.25, -0.2) is 0 Å². The van der Waals surface area contributed by atoms with Crippen LogP contribution in [0.3, 0.4) is 0 Å². The molecule has 55 heavy (non-hydrogen) atoms. The van der Waals surface area contributed by atoms with Crippen LogP contribution in [-0.4, -0.2) is 116 Å². The van der Waals surface area contributed by atoms with Crippen molar-refractivity contribution < 1.29 is 38.0 Å². The highest BCUT2D eigenvalue weighted by Gasteiger charge is 2.28. The van der Waals surface area contributed by atoms with Gasteiger partial charge in [0.25, 0.3) is 0 Å². The summed E-state index contributed by atoms with van der Waals surface area (Å²) in [7, 11) is 13.7. The van der Waals surface area contributed by atoms with E-state index in [9.17, 15) is 9.59 Å². The average Bonchev–Trinajstić information content (AvgIpc) is 3.20. The monoisotopic (exact) mass is 755 g/mol. The Morgan fingerprint density at radius 3 is 1.27 bits per heavy atom. The normalized spacial score (nSPS) is 15.6. The maximum absolute atomic E-state index is 13.0. The molecule has 296 valence electrons. The Morgan fingerprint density at radius 1 is 0.636 bits per heavy atom. The summed E-state index contributed by atoms with van der Waals surface area (Å²) in [5, 5.41) is 0. The molecule has 0 aliphatic carbocycles. The number of carbonyl (C=O) groups excluding carboxylic acids is 2. The number of carbonyl (C=O) groups is 2. The Kier molecular flexibility index (Phi) is 16.7. The van der Waals surface area contributed by atoms with E-state index in [1.165, 1.54) is 0 Å². The van der Waals surface area contributed by atoms with Gasteiger partial charge in [0.1, 0.15) is 0 Å². The van der Waals surface area contributed by atoms with Crippen molar-refractivity contribution in [2.45, 2.75) is 38.5 Å². The summed E-state index contributed by atoms with van der Waals surface area (Å²) < 4.78 is 32.4. The van der Waals surface area contributed by atoms with E-state index in [4.69, 9.17) is 28.4 Å². The van der Waals surface area contributed by atoms with E-state index < -0.39 is 0 Å². The van der Waals surface area contributed by atoms with Gasteiger partial charge in [-0.3, -0.25) is 9.59 Å². The van der Waals surface area contributed by atoms with Gasteiger partial charge < -0.3 is 43.1 Å². The Labute approximate surface area is 327 Å². The largest absolute Gasteiger partial charge is 0.493 e. The summed E-state index contributed by atoms with van der Waals surface area (Å²) in [4.78, 5) is 32.1. The lowest BCUT2D eigenvalue weighted by Crippen LogP contribution is -2.39. The molecule has 0 N–H and O–H groups in total. The summed E-state index contributed by atoms with van der Waals surface area (Å²) in [6.07, 6.45) is 12.6. The number of nitrogens with zero attached hydrogens (tertiary/aromatic N) is 3. The van der Waals surface area contributed by atoms with Gasteiger partial charge in [-0.2, -0.15) is 0 Å². The molecule has 11 heteroatoms.